The summed E-state index contributed by atoms with van der Waals surface area (Å²) in [4.78, 5) is 0. The van der Waals surface area contributed by atoms with E-state index in [2.05, 4.69) is 31.2 Å². The molecule has 0 fully saturated rings. The van der Waals surface area contributed by atoms with Gasteiger partial charge in [-0.05, 0) is 24.1 Å². The van der Waals surface area contributed by atoms with Crippen LogP contribution in [0.5, 0.6) is 11.5 Å². The van der Waals surface area contributed by atoms with E-state index in [1.165, 1.54) is 5.56 Å². The summed E-state index contributed by atoms with van der Waals surface area (Å²) in [7, 11) is -0.213. The van der Waals surface area contributed by atoms with Crippen molar-refractivity contribution in [3.8, 4) is 11.5 Å². The van der Waals surface area contributed by atoms with Crippen LogP contribution in [-0.4, -0.2) is 7.12 Å². The van der Waals surface area contributed by atoms with Crippen molar-refractivity contribution in [3.63, 3.8) is 0 Å². The van der Waals surface area contributed by atoms with Crippen molar-refractivity contribution in [1.29, 1.82) is 0 Å². The zero-order valence-electron chi connectivity index (χ0n) is 10.4. The summed E-state index contributed by atoms with van der Waals surface area (Å²) in [6.45, 7) is 2.16. The van der Waals surface area contributed by atoms with Crippen LogP contribution in [0, 0.1) is 0 Å². The van der Waals surface area contributed by atoms with Crippen molar-refractivity contribution in [3.05, 3.63) is 60.2 Å². The monoisotopic (exact) mass is 238 g/mol. The Balaban J connectivity index is 1.84. The van der Waals surface area contributed by atoms with E-state index < -0.39 is 0 Å². The molecular formula is C15H15BO2. The van der Waals surface area contributed by atoms with E-state index in [9.17, 15) is 0 Å². The van der Waals surface area contributed by atoms with E-state index in [1.807, 2.05) is 30.3 Å². The number of benzene rings is 2. The molecule has 0 spiro atoms. The molecular weight excluding hydrogens is 223 g/mol. The summed E-state index contributed by atoms with van der Waals surface area (Å²) < 4.78 is 11.8. The Morgan fingerprint density at radius 2 is 1.44 bits per heavy atom. The molecule has 0 radical (unpaired) electrons. The van der Waals surface area contributed by atoms with E-state index in [0.29, 0.717) is 0 Å². The zero-order chi connectivity index (χ0) is 12.4. The molecule has 0 bridgehead atoms. The van der Waals surface area contributed by atoms with Gasteiger partial charge >= 0.3 is 7.12 Å². The minimum atomic E-state index is -0.213. The van der Waals surface area contributed by atoms with Crippen LogP contribution >= 0.6 is 0 Å². The van der Waals surface area contributed by atoms with E-state index in [0.717, 1.165) is 17.9 Å². The lowest BCUT2D eigenvalue weighted by molar-refractivity contribution is 0.470. The quantitative estimate of drug-likeness (QED) is 0.759. The summed E-state index contributed by atoms with van der Waals surface area (Å²) in [5, 5.41) is 0. The first-order valence-electron chi connectivity index (χ1n) is 6.36. The van der Waals surface area contributed by atoms with E-state index in [4.69, 9.17) is 9.31 Å². The van der Waals surface area contributed by atoms with Crippen LogP contribution < -0.4 is 9.31 Å². The number of hydrogen-bond donors (Lipinski definition) is 0. The van der Waals surface area contributed by atoms with Crippen molar-refractivity contribution in [1.82, 2.24) is 0 Å². The normalized spacial score (nSPS) is 14.6. The minimum absolute atomic E-state index is 0.213. The summed E-state index contributed by atoms with van der Waals surface area (Å²) in [6.07, 6.45) is 0.989. The maximum Gasteiger partial charge on any atom is 0.602 e. The van der Waals surface area contributed by atoms with E-state index in [-0.39, 0.29) is 12.9 Å². The molecule has 2 aromatic carbocycles. The fraction of sp³-hybridized carbons (Fsp3) is 0.200. The molecule has 1 unspecified atom stereocenters. The number of para-hydroxylation sites is 2. The molecule has 2 nitrogen and oxygen atoms in total. The largest absolute Gasteiger partial charge is 0.602 e. The van der Waals surface area contributed by atoms with Gasteiger partial charge in [0.05, 0.1) is 0 Å². The number of hydrogen-bond acceptors (Lipinski definition) is 2. The lowest BCUT2D eigenvalue weighted by Gasteiger charge is -2.16. The predicted molar refractivity (Wildman–Crippen MR) is 72.9 cm³/mol. The van der Waals surface area contributed by atoms with Gasteiger partial charge in [-0.3, -0.25) is 0 Å². The van der Waals surface area contributed by atoms with Crippen molar-refractivity contribution >= 4 is 7.12 Å². The Kier molecular flexibility index (Phi) is 2.97. The average molecular weight is 238 g/mol. The maximum absolute atomic E-state index is 5.89. The maximum atomic E-state index is 5.89. The standard InChI is InChI=1S/C15H15BO2/c1-2-13(12-8-4-3-5-9-12)16-17-14-10-6-7-11-15(14)18-16/h3-11,13H,2H2,1H3. The summed E-state index contributed by atoms with van der Waals surface area (Å²) in [5.74, 6) is 1.95. The molecule has 0 aliphatic carbocycles. The Labute approximate surface area is 108 Å². The third-order valence-corrected chi connectivity index (χ3v) is 3.33. The highest BCUT2D eigenvalue weighted by Crippen LogP contribution is 2.37. The highest BCUT2D eigenvalue weighted by molar-refractivity contribution is 6.49. The van der Waals surface area contributed by atoms with Gasteiger partial charge in [0.25, 0.3) is 0 Å². The molecule has 1 heterocycles. The van der Waals surface area contributed by atoms with E-state index >= 15 is 0 Å². The van der Waals surface area contributed by atoms with Gasteiger partial charge in [0.2, 0.25) is 0 Å². The van der Waals surface area contributed by atoms with Crippen LogP contribution in [0.4, 0.5) is 0 Å². The van der Waals surface area contributed by atoms with Crippen molar-refractivity contribution < 1.29 is 9.31 Å². The highest BCUT2D eigenvalue weighted by atomic mass is 16.6. The van der Waals surface area contributed by atoms with Gasteiger partial charge in [-0.1, -0.05) is 49.4 Å². The second-order valence-electron chi connectivity index (χ2n) is 4.48. The molecule has 1 aliphatic rings. The Morgan fingerprint density at radius 3 is 2.00 bits per heavy atom. The Bertz CT molecular complexity index is 502. The highest BCUT2D eigenvalue weighted by Gasteiger charge is 2.39. The first-order chi connectivity index (χ1) is 8.88. The van der Waals surface area contributed by atoms with E-state index in [1.54, 1.807) is 0 Å². The van der Waals surface area contributed by atoms with Gasteiger partial charge < -0.3 is 9.31 Å². The second-order valence-corrected chi connectivity index (χ2v) is 4.48. The molecule has 3 heteroatoms. The molecule has 18 heavy (non-hydrogen) atoms. The fourth-order valence-electron chi connectivity index (χ4n) is 2.37. The molecule has 0 amide bonds. The molecule has 90 valence electrons. The summed E-state index contributed by atoms with van der Waals surface area (Å²) >= 11 is 0. The smallest absolute Gasteiger partial charge is 0.523 e. The first-order valence-corrected chi connectivity index (χ1v) is 6.36. The first kappa shape index (κ1) is 11.2. The number of rotatable bonds is 3. The van der Waals surface area contributed by atoms with Gasteiger partial charge in [0.15, 0.2) is 0 Å². The SMILES string of the molecule is CCC(B1Oc2ccccc2O1)c1ccccc1. The molecule has 2 aromatic rings. The minimum Gasteiger partial charge on any atom is -0.523 e. The zero-order valence-corrected chi connectivity index (χ0v) is 10.4. The van der Waals surface area contributed by atoms with Gasteiger partial charge in [-0.25, -0.2) is 0 Å². The van der Waals surface area contributed by atoms with Crippen LogP contribution in [-0.2, 0) is 0 Å². The van der Waals surface area contributed by atoms with Crippen molar-refractivity contribution in [2.45, 2.75) is 19.2 Å². The molecule has 0 saturated carbocycles. The Hall–Kier alpha value is -1.90. The second kappa shape index (κ2) is 4.77. The summed E-state index contributed by atoms with van der Waals surface area (Å²) in [5.41, 5.74) is 1.26. The van der Waals surface area contributed by atoms with Crippen LogP contribution in [0.2, 0.25) is 0 Å². The van der Waals surface area contributed by atoms with Crippen molar-refractivity contribution in [2.24, 2.45) is 0 Å². The average Bonchev–Trinajstić information content (AvgIpc) is 2.84. The van der Waals surface area contributed by atoms with Gasteiger partial charge in [-0.2, -0.15) is 0 Å². The Morgan fingerprint density at radius 1 is 0.889 bits per heavy atom. The van der Waals surface area contributed by atoms with Crippen LogP contribution in [0.15, 0.2) is 54.6 Å². The molecule has 0 aromatic heterocycles. The number of fused-ring (bicyclic) bond motifs is 1. The summed E-state index contributed by atoms with van der Waals surface area (Å²) in [6, 6.07) is 18.2. The molecule has 1 atom stereocenters. The molecule has 0 N–H and O–H groups in total. The third kappa shape index (κ3) is 1.97. The van der Waals surface area contributed by atoms with Gasteiger partial charge in [-0.15, -0.1) is 0 Å². The third-order valence-electron chi connectivity index (χ3n) is 3.33. The lowest BCUT2D eigenvalue weighted by Crippen LogP contribution is -2.33. The topological polar surface area (TPSA) is 18.5 Å². The van der Waals surface area contributed by atoms with Crippen LogP contribution in [0.1, 0.15) is 24.7 Å². The molecule has 3 rings (SSSR count). The van der Waals surface area contributed by atoms with Gasteiger partial charge in [0, 0.05) is 5.82 Å². The van der Waals surface area contributed by atoms with Gasteiger partial charge in [0.1, 0.15) is 11.5 Å². The fourth-order valence-corrected chi connectivity index (χ4v) is 2.37. The predicted octanol–water partition coefficient (Wildman–Crippen LogP) is 3.68. The van der Waals surface area contributed by atoms with Crippen molar-refractivity contribution in [2.75, 3.05) is 0 Å². The molecule has 1 aliphatic heterocycles. The van der Waals surface area contributed by atoms with Crippen LogP contribution in [0.25, 0.3) is 0 Å². The molecule has 0 saturated heterocycles. The van der Waals surface area contributed by atoms with Crippen LogP contribution in [0.3, 0.4) is 0 Å². The lowest BCUT2D eigenvalue weighted by atomic mass is 9.66.